The summed E-state index contributed by atoms with van der Waals surface area (Å²) < 4.78 is 16.1. The molecule has 0 saturated heterocycles. The fraction of sp³-hybridized carbons (Fsp3) is 0.250. The molecule has 0 aliphatic rings. The molecule has 0 atom stereocenters. The molecule has 0 saturated carbocycles. The van der Waals surface area contributed by atoms with E-state index in [1.54, 1.807) is 21.3 Å². The van der Waals surface area contributed by atoms with Gasteiger partial charge in [-0.25, -0.2) is 0 Å². The van der Waals surface area contributed by atoms with E-state index in [0.717, 1.165) is 22.7 Å². The predicted molar refractivity (Wildman–Crippen MR) is 78.7 cm³/mol. The monoisotopic (exact) mass is 272 g/mol. The summed E-state index contributed by atoms with van der Waals surface area (Å²) in [7, 11) is 4.89. The van der Waals surface area contributed by atoms with Gasteiger partial charge in [0.15, 0.2) is 0 Å². The van der Waals surface area contributed by atoms with Crippen molar-refractivity contribution < 1.29 is 14.2 Å². The second kappa shape index (κ2) is 6.70. The predicted octanol–water partition coefficient (Wildman–Crippen LogP) is 3.12. The molecular weight excluding hydrogens is 254 g/mol. The third kappa shape index (κ3) is 3.15. The van der Waals surface area contributed by atoms with Crippen LogP contribution in [-0.2, 0) is 6.54 Å². The van der Waals surface area contributed by atoms with E-state index in [-0.39, 0.29) is 0 Å². The van der Waals surface area contributed by atoms with Crippen LogP contribution >= 0.6 is 0 Å². The Morgan fingerprint density at radius 3 is 2.05 bits per heavy atom. The first kappa shape index (κ1) is 14.1. The molecule has 0 amide bonds. The summed E-state index contributed by atoms with van der Waals surface area (Å²) in [6, 6.07) is 14.3. The summed E-state index contributed by atoms with van der Waals surface area (Å²) in [4.78, 5) is 0. The molecule has 1 radical (unpaired) electrons. The molecular formula is C16H18NO3. The molecule has 20 heavy (non-hydrogen) atoms. The highest BCUT2D eigenvalue weighted by Crippen LogP contribution is 2.34. The molecule has 1 N–H and O–H groups in total. The van der Waals surface area contributed by atoms with Gasteiger partial charge >= 0.3 is 0 Å². The summed E-state index contributed by atoms with van der Waals surface area (Å²) in [5.74, 6) is 2.17. The summed E-state index contributed by atoms with van der Waals surface area (Å²) in [6.45, 7) is 0.598. The topological polar surface area (TPSA) is 39.7 Å². The zero-order valence-corrected chi connectivity index (χ0v) is 11.9. The maximum Gasteiger partial charge on any atom is 0.131 e. The molecule has 105 valence electrons. The minimum Gasteiger partial charge on any atom is -0.496 e. The molecule has 4 nitrogen and oxygen atoms in total. The average molecular weight is 272 g/mol. The van der Waals surface area contributed by atoms with E-state index >= 15 is 0 Å². The van der Waals surface area contributed by atoms with Crippen LogP contribution in [0.25, 0.3) is 0 Å². The highest BCUT2D eigenvalue weighted by molar-refractivity contribution is 5.53. The highest BCUT2D eigenvalue weighted by Gasteiger charge is 2.12. The van der Waals surface area contributed by atoms with E-state index in [0.29, 0.717) is 12.3 Å². The Hall–Kier alpha value is -2.36. The lowest BCUT2D eigenvalue weighted by Gasteiger charge is -2.16. The minimum atomic E-state index is 0.598. The lowest BCUT2D eigenvalue weighted by Crippen LogP contribution is -2.04. The largest absolute Gasteiger partial charge is 0.496 e. The van der Waals surface area contributed by atoms with Gasteiger partial charge in [0.25, 0.3) is 0 Å². The van der Waals surface area contributed by atoms with Crippen molar-refractivity contribution >= 4 is 5.69 Å². The molecule has 0 aliphatic carbocycles. The van der Waals surface area contributed by atoms with Gasteiger partial charge in [-0.2, -0.15) is 0 Å². The minimum absolute atomic E-state index is 0.598. The van der Waals surface area contributed by atoms with E-state index in [4.69, 9.17) is 14.2 Å². The van der Waals surface area contributed by atoms with Crippen LogP contribution in [-0.4, -0.2) is 21.3 Å². The standard InChI is InChI=1S/C16H18NO3/c1-18-13-9-15(19-2)14(16(10-13)20-3)11-17-12-7-5-4-6-8-12/h5-10,17H,11H2,1-3H3. The lowest BCUT2D eigenvalue weighted by atomic mass is 10.1. The van der Waals surface area contributed by atoms with Crippen LogP contribution in [0.15, 0.2) is 36.4 Å². The summed E-state index contributed by atoms with van der Waals surface area (Å²) >= 11 is 0. The Bertz CT molecular complexity index is 530. The summed E-state index contributed by atoms with van der Waals surface area (Å²) in [5.41, 5.74) is 1.97. The van der Waals surface area contributed by atoms with Gasteiger partial charge in [-0.05, 0) is 18.2 Å². The number of hydrogen-bond acceptors (Lipinski definition) is 4. The van der Waals surface area contributed by atoms with Gasteiger partial charge in [-0.3, -0.25) is 0 Å². The zero-order valence-electron chi connectivity index (χ0n) is 11.9. The number of nitrogens with one attached hydrogen (secondary N) is 1. The Balaban J connectivity index is 2.25. The van der Waals surface area contributed by atoms with E-state index in [9.17, 15) is 0 Å². The van der Waals surface area contributed by atoms with Crippen molar-refractivity contribution in [3.63, 3.8) is 0 Å². The molecule has 0 aromatic heterocycles. The Morgan fingerprint density at radius 1 is 0.950 bits per heavy atom. The second-order valence-corrected chi connectivity index (χ2v) is 4.15. The first-order chi connectivity index (χ1) is 9.78. The van der Waals surface area contributed by atoms with E-state index in [1.165, 1.54) is 0 Å². The third-order valence-electron chi connectivity index (χ3n) is 3.00. The molecule has 0 aliphatic heterocycles. The Kier molecular flexibility index (Phi) is 4.71. The third-order valence-corrected chi connectivity index (χ3v) is 3.00. The molecule has 0 unspecified atom stereocenters. The van der Waals surface area contributed by atoms with Crippen LogP contribution in [0, 0.1) is 6.07 Å². The number of benzene rings is 2. The van der Waals surface area contributed by atoms with Crippen molar-refractivity contribution in [1.82, 2.24) is 0 Å². The van der Waals surface area contributed by atoms with Crippen LogP contribution < -0.4 is 19.5 Å². The first-order valence-corrected chi connectivity index (χ1v) is 6.27. The molecule has 2 aromatic rings. The van der Waals surface area contributed by atoms with Gasteiger partial charge in [-0.15, -0.1) is 0 Å². The van der Waals surface area contributed by atoms with Crippen molar-refractivity contribution in [3.8, 4) is 17.2 Å². The maximum absolute atomic E-state index is 5.41. The molecule has 2 aromatic carbocycles. The van der Waals surface area contributed by atoms with Crippen LogP contribution in [0.1, 0.15) is 5.56 Å². The van der Waals surface area contributed by atoms with Gasteiger partial charge in [0, 0.05) is 24.4 Å². The second-order valence-electron chi connectivity index (χ2n) is 4.15. The summed E-state index contributed by atoms with van der Waals surface area (Å²) in [5, 5.41) is 3.33. The first-order valence-electron chi connectivity index (χ1n) is 6.27. The van der Waals surface area contributed by atoms with Crippen molar-refractivity contribution in [1.29, 1.82) is 0 Å². The molecule has 0 fully saturated rings. The van der Waals surface area contributed by atoms with Crippen molar-refractivity contribution in [3.05, 3.63) is 48.0 Å². The number of methoxy groups -OCH3 is 3. The zero-order chi connectivity index (χ0) is 14.4. The highest BCUT2D eigenvalue weighted by atomic mass is 16.5. The fourth-order valence-electron chi connectivity index (χ4n) is 1.95. The van der Waals surface area contributed by atoms with Crippen LogP contribution in [0.5, 0.6) is 17.2 Å². The number of anilines is 1. The molecule has 2 rings (SSSR count). The van der Waals surface area contributed by atoms with Gasteiger partial charge in [0.05, 0.1) is 26.9 Å². The van der Waals surface area contributed by atoms with Crippen LogP contribution in [0.2, 0.25) is 0 Å². The molecule has 0 heterocycles. The van der Waals surface area contributed by atoms with E-state index < -0.39 is 0 Å². The Labute approximate surface area is 119 Å². The smallest absolute Gasteiger partial charge is 0.131 e. The van der Waals surface area contributed by atoms with Gasteiger partial charge < -0.3 is 19.5 Å². The van der Waals surface area contributed by atoms with Crippen LogP contribution in [0.4, 0.5) is 5.69 Å². The van der Waals surface area contributed by atoms with E-state index in [2.05, 4.69) is 11.4 Å². The SMILES string of the molecule is COc1cc(OC)c(CNc2cc[c]cc2)c(OC)c1. The number of ether oxygens (including phenoxy) is 3. The maximum atomic E-state index is 5.41. The van der Waals surface area contributed by atoms with Crippen molar-refractivity contribution in [2.75, 3.05) is 26.6 Å². The van der Waals surface area contributed by atoms with E-state index in [1.807, 2.05) is 36.4 Å². The van der Waals surface area contributed by atoms with Crippen molar-refractivity contribution in [2.45, 2.75) is 6.54 Å². The van der Waals surface area contributed by atoms with Gasteiger partial charge in [-0.1, -0.05) is 12.1 Å². The normalized spacial score (nSPS) is 9.95. The van der Waals surface area contributed by atoms with Gasteiger partial charge in [0.2, 0.25) is 0 Å². The Morgan fingerprint density at radius 2 is 1.55 bits per heavy atom. The number of rotatable bonds is 6. The fourth-order valence-corrected chi connectivity index (χ4v) is 1.95. The molecule has 0 bridgehead atoms. The molecule has 4 heteroatoms. The van der Waals surface area contributed by atoms with Crippen LogP contribution in [0.3, 0.4) is 0 Å². The summed E-state index contributed by atoms with van der Waals surface area (Å²) in [6.07, 6.45) is 0. The average Bonchev–Trinajstić information content (AvgIpc) is 2.52. The lowest BCUT2D eigenvalue weighted by molar-refractivity contribution is 0.369. The quantitative estimate of drug-likeness (QED) is 0.877. The number of hydrogen-bond donors (Lipinski definition) is 1. The van der Waals surface area contributed by atoms with Gasteiger partial charge in [0.1, 0.15) is 17.2 Å². The van der Waals surface area contributed by atoms with Crippen molar-refractivity contribution in [2.24, 2.45) is 0 Å². The molecule has 0 spiro atoms.